The van der Waals surface area contributed by atoms with Crippen molar-refractivity contribution in [3.8, 4) is 0 Å². The molecule has 1 rings (SSSR count). The van der Waals surface area contributed by atoms with Gasteiger partial charge in [-0.1, -0.05) is 0 Å². The average Bonchev–Trinajstić information content (AvgIpc) is 1.86. The van der Waals surface area contributed by atoms with Crippen molar-refractivity contribution < 1.29 is 9.53 Å². The summed E-state index contributed by atoms with van der Waals surface area (Å²) in [4.78, 5) is 11.8. The van der Waals surface area contributed by atoms with Crippen molar-refractivity contribution in [2.45, 2.75) is 19.4 Å². The third-order valence-corrected chi connectivity index (χ3v) is 1.55. The molecule has 3 heteroatoms. The van der Waals surface area contributed by atoms with Gasteiger partial charge in [0.25, 0.3) is 0 Å². The van der Waals surface area contributed by atoms with Crippen LogP contribution in [0.25, 0.3) is 0 Å². The molecule has 0 aliphatic carbocycles. The van der Waals surface area contributed by atoms with E-state index in [-0.39, 0.29) is 5.60 Å². The minimum Gasteiger partial charge on any atom is -0.372 e. The van der Waals surface area contributed by atoms with Crippen LogP contribution in [0.4, 0.5) is 0 Å². The zero-order valence-electron chi connectivity index (χ0n) is 6.39. The van der Waals surface area contributed by atoms with Crippen molar-refractivity contribution in [2.24, 2.45) is 0 Å². The minimum atomic E-state index is -0.185. The van der Waals surface area contributed by atoms with Crippen molar-refractivity contribution in [3.05, 3.63) is 0 Å². The number of rotatable bonds is 1. The third kappa shape index (κ3) is 1.70. The molecule has 1 saturated heterocycles. The van der Waals surface area contributed by atoms with E-state index in [0.717, 1.165) is 0 Å². The molecule has 1 radical (unpaired) electrons. The Kier molecular flexibility index (Phi) is 1.94. The Morgan fingerprint density at radius 1 is 1.60 bits per heavy atom. The molecule has 3 nitrogen and oxygen atoms in total. The van der Waals surface area contributed by atoms with Crippen molar-refractivity contribution in [2.75, 3.05) is 19.7 Å². The Morgan fingerprint density at radius 3 is 2.70 bits per heavy atom. The Labute approximate surface area is 61.0 Å². The van der Waals surface area contributed by atoms with Gasteiger partial charge in [0.2, 0.25) is 0 Å². The summed E-state index contributed by atoms with van der Waals surface area (Å²) in [6.45, 7) is 5.89. The van der Waals surface area contributed by atoms with Crippen molar-refractivity contribution in [1.29, 1.82) is 0 Å². The van der Waals surface area contributed by atoms with E-state index in [2.05, 4.69) is 0 Å². The van der Waals surface area contributed by atoms with E-state index in [1.54, 1.807) is 4.90 Å². The van der Waals surface area contributed by atoms with Crippen molar-refractivity contribution in [1.82, 2.24) is 4.90 Å². The number of nitrogens with zero attached hydrogens (tertiary/aromatic N) is 1. The zero-order valence-corrected chi connectivity index (χ0v) is 6.39. The van der Waals surface area contributed by atoms with Gasteiger partial charge < -0.3 is 9.64 Å². The number of morpholine rings is 1. The number of ether oxygens (including phenoxy) is 1. The second-order valence-corrected chi connectivity index (χ2v) is 3.12. The van der Waals surface area contributed by atoms with Crippen molar-refractivity contribution >= 4 is 6.41 Å². The van der Waals surface area contributed by atoms with Gasteiger partial charge in [0.15, 0.2) is 0 Å². The van der Waals surface area contributed by atoms with Gasteiger partial charge in [0, 0.05) is 13.1 Å². The lowest BCUT2D eigenvalue weighted by Crippen LogP contribution is -2.47. The third-order valence-electron chi connectivity index (χ3n) is 1.55. The minimum absolute atomic E-state index is 0.185. The predicted octanol–water partition coefficient (Wildman–Crippen LogP) is 0.164. The molecule has 0 unspecified atom stereocenters. The fraction of sp³-hybridized carbons (Fsp3) is 0.857. The molecule has 1 fully saturated rings. The molecule has 1 aliphatic rings. The van der Waals surface area contributed by atoms with Crippen LogP contribution in [0.2, 0.25) is 0 Å². The van der Waals surface area contributed by atoms with Gasteiger partial charge in [-0.2, -0.15) is 0 Å². The number of carbonyl (C=O) groups excluding carboxylic acids is 1. The molecule has 0 bridgehead atoms. The van der Waals surface area contributed by atoms with Gasteiger partial charge in [-0.25, -0.2) is 0 Å². The molecule has 1 amide bonds. The maximum atomic E-state index is 10.2. The van der Waals surface area contributed by atoms with E-state index < -0.39 is 0 Å². The van der Waals surface area contributed by atoms with E-state index in [1.807, 2.05) is 20.3 Å². The molecule has 57 valence electrons. The summed E-state index contributed by atoms with van der Waals surface area (Å²) in [6, 6.07) is 0. The average molecular weight is 142 g/mol. The van der Waals surface area contributed by atoms with Crippen LogP contribution in [0.1, 0.15) is 13.8 Å². The SMILES string of the molecule is CC1(C)CN([C]=O)CCO1. The second kappa shape index (κ2) is 2.58. The van der Waals surface area contributed by atoms with E-state index in [0.29, 0.717) is 19.7 Å². The maximum Gasteiger partial charge on any atom is 0.312 e. The molecule has 10 heavy (non-hydrogen) atoms. The first-order chi connectivity index (χ1) is 4.64. The van der Waals surface area contributed by atoms with Crippen LogP contribution in [-0.2, 0) is 9.53 Å². The molecule has 1 aliphatic heterocycles. The highest BCUT2D eigenvalue weighted by atomic mass is 16.5. The second-order valence-electron chi connectivity index (χ2n) is 3.12. The zero-order chi connectivity index (χ0) is 7.61. The highest BCUT2D eigenvalue weighted by molar-refractivity contribution is 5.48. The normalized spacial score (nSPS) is 24.4. The predicted molar refractivity (Wildman–Crippen MR) is 37.3 cm³/mol. The first kappa shape index (κ1) is 7.54. The molecule has 0 aromatic carbocycles. The number of hydrogen-bond donors (Lipinski definition) is 0. The van der Waals surface area contributed by atoms with Gasteiger partial charge in [-0.3, -0.25) is 4.79 Å². The Morgan fingerprint density at radius 2 is 2.30 bits per heavy atom. The van der Waals surface area contributed by atoms with Crippen LogP contribution in [0.5, 0.6) is 0 Å². The summed E-state index contributed by atoms with van der Waals surface area (Å²) in [5.74, 6) is 0. The van der Waals surface area contributed by atoms with Gasteiger partial charge in [0.05, 0.1) is 12.2 Å². The largest absolute Gasteiger partial charge is 0.372 e. The first-order valence-electron chi connectivity index (χ1n) is 3.41. The quantitative estimate of drug-likeness (QED) is 0.522. The van der Waals surface area contributed by atoms with E-state index in [1.165, 1.54) is 0 Å². The smallest absolute Gasteiger partial charge is 0.312 e. The molecule has 0 N–H and O–H groups in total. The van der Waals surface area contributed by atoms with Crippen LogP contribution in [0.15, 0.2) is 0 Å². The van der Waals surface area contributed by atoms with Crippen LogP contribution >= 0.6 is 0 Å². The van der Waals surface area contributed by atoms with E-state index in [9.17, 15) is 4.79 Å². The molecule has 0 saturated carbocycles. The Bertz CT molecular complexity index is 134. The van der Waals surface area contributed by atoms with Gasteiger partial charge in [-0.15, -0.1) is 0 Å². The summed E-state index contributed by atoms with van der Waals surface area (Å²) < 4.78 is 5.38. The van der Waals surface area contributed by atoms with E-state index >= 15 is 0 Å². The summed E-state index contributed by atoms with van der Waals surface area (Å²) in [5.41, 5.74) is -0.185. The van der Waals surface area contributed by atoms with Crippen LogP contribution < -0.4 is 0 Å². The Hall–Kier alpha value is -0.570. The molecule has 0 aromatic rings. The number of amides is 1. The van der Waals surface area contributed by atoms with E-state index in [4.69, 9.17) is 4.74 Å². The first-order valence-corrected chi connectivity index (χ1v) is 3.41. The summed E-state index contributed by atoms with van der Waals surface area (Å²) in [6.07, 6.45) is 1.86. The van der Waals surface area contributed by atoms with Gasteiger partial charge in [-0.05, 0) is 13.8 Å². The molecule has 1 heterocycles. The topological polar surface area (TPSA) is 29.5 Å². The number of hydrogen-bond acceptors (Lipinski definition) is 2. The highest BCUT2D eigenvalue weighted by Crippen LogP contribution is 2.14. The lowest BCUT2D eigenvalue weighted by atomic mass is 10.1. The Balaban J connectivity index is 2.47. The maximum absolute atomic E-state index is 10.2. The summed E-state index contributed by atoms with van der Waals surface area (Å²) >= 11 is 0. The van der Waals surface area contributed by atoms with Crippen molar-refractivity contribution in [3.63, 3.8) is 0 Å². The molecule has 0 spiro atoms. The van der Waals surface area contributed by atoms with Crippen LogP contribution in [0, 0.1) is 0 Å². The van der Waals surface area contributed by atoms with Crippen LogP contribution in [0.3, 0.4) is 0 Å². The van der Waals surface area contributed by atoms with Crippen LogP contribution in [-0.4, -0.2) is 36.6 Å². The molecular formula is C7H12NO2. The summed E-state index contributed by atoms with van der Waals surface area (Å²) in [7, 11) is 0. The fourth-order valence-electron chi connectivity index (χ4n) is 1.09. The fourth-order valence-corrected chi connectivity index (χ4v) is 1.09. The standard InChI is InChI=1S/C7H12NO2/c1-7(2)5-8(6-9)3-4-10-7/h3-5H2,1-2H3. The molecular weight excluding hydrogens is 130 g/mol. The van der Waals surface area contributed by atoms with Gasteiger partial charge in [0.1, 0.15) is 0 Å². The molecule has 0 aromatic heterocycles. The highest BCUT2D eigenvalue weighted by Gasteiger charge is 2.26. The lowest BCUT2D eigenvalue weighted by Gasteiger charge is -2.35. The lowest BCUT2D eigenvalue weighted by molar-refractivity contribution is -0.0680. The van der Waals surface area contributed by atoms with Gasteiger partial charge >= 0.3 is 6.41 Å². The molecule has 0 atom stereocenters. The monoisotopic (exact) mass is 142 g/mol. The summed E-state index contributed by atoms with van der Waals surface area (Å²) in [5, 5.41) is 0.